The lowest BCUT2D eigenvalue weighted by Gasteiger charge is -2.05. The number of rotatable bonds is 16. The van der Waals surface area contributed by atoms with Crippen LogP contribution in [0.1, 0.15) is 103 Å². The minimum atomic E-state index is -0.0235. The van der Waals surface area contributed by atoms with E-state index in [4.69, 9.17) is 0 Å². The summed E-state index contributed by atoms with van der Waals surface area (Å²) in [6.07, 6.45) is 21.5. The van der Waals surface area contributed by atoms with Crippen LogP contribution in [0.5, 0.6) is 0 Å². The quantitative estimate of drug-likeness (QED) is 0.233. The Labute approximate surface area is 167 Å². The summed E-state index contributed by atoms with van der Waals surface area (Å²) in [7, 11) is 0. The van der Waals surface area contributed by atoms with Crippen LogP contribution in [0.3, 0.4) is 0 Å². The molecule has 1 rings (SSSR count). The van der Waals surface area contributed by atoms with Crippen molar-refractivity contribution in [1.82, 2.24) is 0 Å². The molecule has 0 heterocycles. The van der Waals surface area contributed by atoms with Gasteiger partial charge in [-0.15, -0.1) is 0 Å². The highest BCUT2D eigenvalue weighted by molar-refractivity contribution is 5.99. The Morgan fingerprint density at radius 2 is 1.33 bits per heavy atom. The van der Waals surface area contributed by atoms with Crippen molar-refractivity contribution < 1.29 is 4.79 Å². The fraction of sp³-hybridized carbons (Fsp3) is 0.640. The number of carbonyl (C=O) groups is 1. The van der Waals surface area contributed by atoms with Crippen molar-refractivity contribution in [2.24, 2.45) is 0 Å². The van der Waals surface area contributed by atoms with E-state index in [0.29, 0.717) is 0 Å². The highest BCUT2D eigenvalue weighted by Crippen LogP contribution is 2.14. The monoisotopic (exact) mass is 371 g/mol. The molecule has 0 fully saturated rings. The van der Waals surface area contributed by atoms with E-state index >= 15 is 0 Å². The molecule has 1 amide bonds. The van der Waals surface area contributed by atoms with Gasteiger partial charge in [-0.05, 0) is 49.5 Å². The van der Waals surface area contributed by atoms with E-state index in [0.717, 1.165) is 18.5 Å². The van der Waals surface area contributed by atoms with Crippen LogP contribution >= 0.6 is 0 Å². The predicted octanol–water partition coefficient (Wildman–Crippen LogP) is 7.83. The molecule has 0 aromatic heterocycles. The molecule has 0 unspecified atom stereocenters. The average Bonchev–Trinajstić information content (AvgIpc) is 2.68. The molecule has 27 heavy (non-hydrogen) atoms. The van der Waals surface area contributed by atoms with Gasteiger partial charge in [0.2, 0.25) is 5.91 Å². The van der Waals surface area contributed by atoms with Crippen molar-refractivity contribution in [3.05, 3.63) is 42.0 Å². The molecule has 2 heteroatoms. The van der Waals surface area contributed by atoms with Gasteiger partial charge in [-0.3, -0.25) is 4.79 Å². The SMILES string of the molecule is CCCCCCCCC=CC(=O)Nc1ccc(CCCCCCCC)cc1. The van der Waals surface area contributed by atoms with Crippen molar-refractivity contribution in [2.45, 2.75) is 104 Å². The van der Waals surface area contributed by atoms with Gasteiger partial charge < -0.3 is 5.32 Å². The van der Waals surface area contributed by atoms with E-state index < -0.39 is 0 Å². The third-order valence-electron chi connectivity index (χ3n) is 5.03. The molecular weight excluding hydrogens is 330 g/mol. The number of nitrogens with one attached hydrogen (secondary N) is 1. The van der Waals surface area contributed by atoms with Crippen LogP contribution in [-0.2, 0) is 11.2 Å². The Kier molecular flexibility index (Phi) is 14.4. The molecule has 2 nitrogen and oxygen atoms in total. The summed E-state index contributed by atoms with van der Waals surface area (Å²) in [5, 5.41) is 2.95. The molecule has 1 aromatic rings. The summed E-state index contributed by atoms with van der Waals surface area (Å²) in [6, 6.07) is 8.32. The van der Waals surface area contributed by atoms with Gasteiger partial charge in [0.15, 0.2) is 0 Å². The minimum absolute atomic E-state index is 0.0235. The van der Waals surface area contributed by atoms with E-state index in [1.54, 1.807) is 6.08 Å². The van der Waals surface area contributed by atoms with Crippen molar-refractivity contribution in [1.29, 1.82) is 0 Å². The number of carbonyl (C=O) groups excluding carboxylic acids is 1. The number of unbranched alkanes of at least 4 members (excludes halogenated alkanes) is 11. The zero-order chi connectivity index (χ0) is 19.6. The normalized spacial score (nSPS) is 11.2. The first-order valence-corrected chi connectivity index (χ1v) is 11.3. The summed E-state index contributed by atoms with van der Waals surface area (Å²) >= 11 is 0. The second kappa shape index (κ2) is 16.6. The number of aryl methyl sites for hydroxylation is 1. The Morgan fingerprint density at radius 1 is 0.778 bits per heavy atom. The lowest BCUT2D eigenvalue weighted by molar-refractivity contribution is -0.111. The molecule has 0 radical (unpaired) electrons. The molecule has 1 N–H and O–H groups in total. The Balaban J connectivity index is 2.14. The van der Waals surface area contributed by atoms with Crippen LogP contribution in [0.2, 0.25) is 0 Å². The van der Waals surface area contributed by atoms with Crippen LogP contribution in [0.15, 0.2) is 36.4 Å². The van der Waals surface area contributed by atoms with Gasteiger partial charge in [0.05, 0.1) is 0 Å². The van der Waals surface area contributed by atoms with Gasteiger partial charge >= 0.3 is 0 Å². The fourth-order valence-corrected chi connectivity index (χ4v) is 3.28. The van der Waals surface area contributed by atoms with Crippen molar-refractivity contribution in [3.63, 3.8) is 0 Å². The van der Waals surface area contributed by atoms with Crippen LogP contribution in [-0.4, -0.2) is 5.91 Å². The first-order valence-electron chi connectivity index (χ1n) is 11.3. The van der Waals surface area contributed by atoms with E-state index in [-0.39, 0.29) is 5.91 Å². The Morgan fingerprint density at radius 3 is 1.96 bits per heavy atom. The van der Waals surface area contributed by atoms with Gasteiger partial charge in [-0.25, -0.2) is 0 Å². The first kappa shape index (κ1) is 23.5. The summed E-state index contributed by atoms with van der Waals surface area (Å²) in [4.78, 5) is 12.0. The number of hydrogen-bond acceptors (Lipinski definition) is 1. The molecule has 1 aromatic carbocycles. The topological polar surface area (TPSA) is 29.1 Å². The first-order chi connectivity index (χ1) is 13.3. The van der Waals surface area contributed by atoms with E-state index in [1.165, 1.54) is 82.6 Å². The molecule has 0 saturated carbocycles. The van der Waals surface area contributed by atoms with Crippen LogP contribution in [0, 0.1) is 0 Å². The third-order valence-corrected chi connectivity index (χ3v) is 5.03. The fourth-order valence-electron chi connectivity index (χ4n) is 3.28. The number of amides is 1. The van der Waals surface area contributed by atoms with Crippen molar-refractivity contribution in [3.8, 4) is 0 Å². The van der Waals surface area contributed by atoms with Crippen molar-refractivity contribution >= 4 is 11.6 Å². The smallest absolute Gasteiger partial charge is 0.248 e. The number of benzene rings is 1. The maximum absolute atomic E-state index is 12.0. The Hall–Kier alpha value is -1.57. The second-order valence-corrected chi connectivity index (χ2v) is 7.66. The van der Waals surface area contributed by atoms with E-state index in [2.05, 4.69) is 31.3 Å². The summed E-state index contributed by atoms with van der Waals surface area (Å²) in [5.41, 5.74) is 2.25. The minimum Gasteiger partial charge on any atom is -0.323 e. The lowest BCUT2D eigenvalue weighted by Crippen LogP contribution is -2.07. The number of anilines is 1. The highest BCUT2D eigenvalue weighted by Gasteiger charge is 1.99. The van der Waals surface area contributed by atoms with Gasteiger partial charge in [0.25, 0.3) is 0 Å². The van der Waals surface area contributed by atoms with Crippen LogP contribution < -0.4 is 5.32 Å². The van der Waals surface area contributed by atoms with Crippen LogP contribution in [0.4, 0.5) is 5.69 Å². The predicted molar refractivity (Wildman–Crippen MR) is 119 cm³/mol. The summed E-state index contributed by atoms with van der Waals surface area (Å²) in [5.74, 6) is -0.0235. The second-order valence-electron chi connectivity index (χ2n) is 7.66. The van der Waals surface area contributed by atoms with E-state index in [1.807, 2.05) is 18.2 Å². The Bertz CT molecular complexity index is 504. The number of hydrogen-bond donors (Lipinski definition) is 1. The van der Waals surface area contributed by atoms with Gasteiger partial charge in [0, 0.05) is 5.69 Å². The third kappa shape index (κ3) is 13.3. The molecule has 0 aliphatic carbocycles. The zero-order valence-corrected chi connectivity index (χ0v) is 17.8. The van der Waals surface area contributed by atoms with E-state index in [9.17, 15) is 4.79 Å². The summed E-state index contributed by atoms with van der Waals surface area (Å²) < 4.78 is 0. The van der Waals surface area contributed by atoms with Gasteiger partial charge in [-0.1, -0.05) is 96.3 Å². The summed E-state index contributed by atoms with van der Waals surface area (Å²) in [6.45, 7) is 4.50. The molecular formula is C25H41NO. The molecule has 0 atom stereocenters. The standard InChI is InChI=1S/C25H41NO/c1-3-5-7-9-11-12-14-16-18-25(27)26-24-21-19-23(20-22-24)17-15-13-10-8-6-4-2/h16,18-22H,3-15,17H2,1-2H3,(H,26,27). The molecule has 0 saturated heterocycles. The van der Waals surface area contributed by atoms with Crippen molar-refractivity contribution in [2.75, 3.05) is 5.32 Å². The average molecular weight is 372 g/mol. The maximum atomic E-state index is 12.0. The number of allylic oxidation sites excluding steroid dienone is 1. The van der Waals surface area contributed by atoms with Gasteiger partial charge in [0.1, 0.15) is 0 Å². The highest BCUT2D eigenvalue weighted by atomic mass is 16.1. The zero-order valence-electron chi connectivity index (χ0n) is 17.8. The van der Waals surface area contributed by atoms with Gasteiger partial charge in [-0.2, -0.15) is 0 Å². The largest absolute Gasteiger partial charge is 0.323 e. The molecule has 152 valence electrons. The molecule has 0 spiro atoms. The lowest BCUT2D eigenvalue weighted by atomic mass is 10.0. The van der Waals surface area contributed by atoms with Crippen LogP contribution in [0.25, 0.3) is 0 Å². The maximum Gasteiger partial charge on any atom is 0.248 e. The molecule has 0 bridgehead atoms. The molecule has 0 aliphatic heterocycles. The molecule has 0 aliphatic rings.